The van der Waals surface area contributed by atoms with Crippen molar-refractivity contribution < 1.29 is 18.6 Å². The van der Waals surface area contributed by atoms with Gasteiger partial charge in [-0.1, -0.05) is 17.7 Å². The summed E-state index contributed by atoms with van der Waals surface area (Å²) in [5.74, 6) is 0.213. The van der Waals surface area contributed by atoms with Gasteiger partial charge < -0.3 is 15.5 Å². The van der Waals surface area contributed by atoms with Gasteiger partial charge in [0.2, 0.25) is 0 Å². The highest BCUT2D eigenvalue weighted by Gasteiger charge is 2.17. The molecule has 0 spiro atoms. The number of nitrogens with one attached hydrogen (secondary N) is 3. The van der Waals surface area contributed by atoms with Crippen molar-refractivity contribution >= 4 is 32.4 Å². The minimum atomic E-state index is -3.75. The number of nitrogens with zero attached hydrogens (tertiary/aromatic N) is 1. The second kappa shape index (κ2) is 7.95. The zero-order chi connectivity index (χ0) is 19.4. The van der Waals surface area contributed by atoms with Crippen molar-refractivity contribution in [3.63, 3.8) is 0 Å². The van der Waals surface area contributed by atoms with Crippen LogP contribution in [-0.2, 0) is 10.0 Å². The van der Waals surface area contributed by atoms with E-state index in [0.717, 1.165) is 11.3 Å². The lowest BCUT2D eigenvalue weighted by molar-refractivity contribution is 0.0911. The average molecular weight is 390 g/mol. The standard InChI is InChI=1S/C18H22N4O4S/c1-12-2-5-15(6-3-12)27(25,26)22-18-16-10-13(4-7-17(16)20-21-18)19-9-8-14(24)11-23/h2-7,10,14,19,23-24H,8-9,11H2,1H3,(H2,20,21,22). The average Bonchev–Trinajstić information content (AvgIpc) is 3.03. The summed E-state index contributed by atoms with van der Waals surface area (Å²) in [5, 5.41) is 28.9. The molecule has 5 N–H and O–H groups in total. The fourth-order valence-electron chi connectivity index (χ4n) is 2.58. The van der Waals surface area contributed by atoms with Crippen LogP contribution < -0.4 is 10.0 Å². The SMILES string of the molecule is Cc1ccc(S(=O)(=O)Nc2n[nH]c3ccc(NCCC(O)CO)cc23)cc1. The number of rotatable bonds is 8. The smallest absolute Gasteiger partial charge is 0.263 e. The van der Waals surface area contributed by atoms with Gasteiger partial charge in [-0.25, -0.2) is 8.42 Å². The number of anilines is 2. The van der Waals surface area contributed by atoms with Gasteiger partial charge in [-0.3, -0.25) is 9.82 Å². The molecule has 1 heterocycles. The molecule has 3 rings (SSSR count). The summed E-state index contributed by atoms with van der Waals surface area (Å²) in [4.78, 5) is 0.163. The number of aliphatic hydroxyl groups excluding tert-OH is 2. The molecule has 0 aliphatic rings. The second-order valence-electron chi connectivity index (χ2n) is 6.30. The quantitative estimate of drug-likeness (QED) is 0.399. The van der Waals surface area contributed by atoms with Crippen molar-refractivity contribution in [1.82, 2.24) is 10.2 Å². The number of aromatic nitrogens is 2. The van der Waals surface area contributed by atoms with Crippen LogP contribution in [0.1, 0.15) is 12.0 Å². The summed E-state index contributed by atoms with van der Waals surface area (Å²) in [6.07, 6.45) is -0.376. The van der Waals surface area contributed by atoms with E-state index in [4.69, 9.17) is 5.11 Å². The zero-order valence-electron chi connectivity index (χ0n) is 14.8. The van der Waals surface area contributed by atoms with E-state index in [0.29, 0.717) is 23.9 Å². The van der Waals surface area contributed by atoms with Crippen molar-refractivity contribution in [2.45, 2.75) is 24.3 Å². The van der Waals surface area contributed by atoms with E-state index in [2.05, 4.69) is 20.2 Å². The highest BCUT2D eigenvalue weighted by atomic mass is 32.2. The van der Waals surface area contributed by atoms with Crippen LogP contribution in [0.15, 0.2) is 47.4 Å². The van der Waals surface area contributed by atoms with E-state index >= 15 is 0 Å². The van der Waals surface area contributed by atoms with Crippen LogP contribution in [0.5, 0.6) is 0 Å². The van der Waals surface area contributed by atoms with Gasteiger partial charge in [0, 0.05) is 17.6 Å². The fraction of sp³-hybridized carbons (Fsp3) is 0.278. The van der Waals surface area contributed by atoms with Gasteiger partial charge in [-0.05, 0) is 43.7 Å². The van der Waals surface area contributed by atoms with E-state index < -0.39 is 16.1 Å². The Kier molecular flexibility index (Phi) is 5.64. The molecule has 144 valence electrons. The first kappa shape index (κ1) is 19.2. The summed E-state index contributed by atoms with van der Waals surface area (Å²) in [7, 11) is -3.75. The molecule has 1 atom stereocenters. The normalized spacial score (nSPS) is 12.9. The summed E-state index contributed by atoms with van der Waals surface area (Å²) in [6.45, 7) is 2.07. The lowest BCUT2D eigenvalue weighted by Crippen LogP contribution is -2.16. The van der Waals surface area contributed by atoms with Crippen molar-refractivity contribution in [2.75, 3.05) is 23.2 Å². The van der Waals surface area contributed by atoms with Gasteiger partial charge in [0.05, 0.1) is 23.1 Å². The van der Waals surface area contributed by atoms with Crippen LogP contribution in [0, 0.1) is 6.92 Å². The number of hydrogen-bond acceptors (Lipinski definition) is 6. The Morgan fingerprint density at radius 3 is 2.63 bits per heavy atom. The maximum absolute atomic E-state index is 12.6. The third kappa shape index (κ3) is 4.57. The summed E-state index contributed by atoms with van der Waals surface area (Å²) < 4.78 is 27.7. The molecule has 1 aromatic heterocycles. The summed E-state index contributed by atoms with van der Waals surface area (Å²) in [5.41, 5.74) is 2.42. The largest absolute Gasteiger partial charge is 0.394 e. The van der Waals surface area contributed by atoms with Crippen LogP contribution in [-0.4, -0.2) is 48.1 Å². The number of benzene rings is 2. The third-order valence-electron chi connectivity index (χ3n) is 4.14. The number of sulfonamides is 1. The molecule has 0 radical (unpaired) electrons. The topological polar surface area (TPSA) is 127 Å². The maximum atomic E-state index is 12.6. The molecule has 9 heteroatoms. The Balaban J connectivity index is 1.80. The van der Waals surface area contributed by atoms with E-state index in [9.17, 15) is 13.5 Å². The van der Waals surface area contributed by atoms with Gasteiger partial charge in [0.15, 0.2) is 5.82 Å². The Labute approximate surface area is 157 Å². The minimum Gasteiger partial charge on any atom is -0.394 e. The Morgan fingerprint density at radius 1 is 1.19 bits per heavy atom. The van der Waals surface area contributed by atoms with Crippen molar-refractivity contribution in [2.24, 2.45) is 0 Å². The molecule has 3 aromatic rings. The number of aromatic amines is 1. The highest BCUT2D eigenvalue weighted by Crippen LogP contribution is 2.26. The Morgan fingerprint density at radius 2 is 1.93 bits per heavy atom. The number of aliphatic hydroxyl groups is 2. The van der Waals surface area contributed by atoms with Gasteiger partial charge in [-0.2, -0.15) is 5.10 Å². The van der Waals surface area contributed by atoms with Crippen LogP contribution in [0.2, 0.25) is 0 Å². The molecule has 0 fully saturated rings. The molecular weight excluding hydrogens is 368 g/mol. The zero-order valence-corrected chi connectivity index (χ0v) is 15.6. The number of hydrogen-bond donors (Lipinski definition) is 5. The van der Waals surface area contributed by atoms with Crippen LogP contribution in [0.3, 0.4) is 0 Å². The first-order chi connectivity index (χ1) is 12.9. The van der Waals surface area contributed by atoms with Crippen LogP contribution in [0.4, 0.5) is 11.5 Å². The highest BCUT2D eigenvalue weighted by molar-refractivity contribution is 7.92. The summed E-state index contributed by atoms with van der Waals surface area (Å²) in [6, 6.07) is 12.0. The molecule has 27 heavy (non-hydrogen) atoms. The van der Waals surface area contributed by atoms with Gasteiger partial charge in [0.25, 0.3) is 10.0 Å². The predicted octanol–water partition coefficient (Wildman–Crippen LogP) is 1.83. The van der Waals surface area contributed by atoms with Crippen molar-refractivity contribution in [3.05, 3.63) is 48.0 Å². The number of fused-ring (bicyclic) bond motifs is 1. The van der Waals surface area contributed by atoms with Gasteiger partial charge >= 0.3 is 0 Å². The van der Waals surface area contributed by atoms with Crippen molar-refractivity contribution in [1.29, 1.82) is 0 Å². The van der Waals surface area contributed by atoms with E-state index in [1.165, 1.54) is 0 Å². The van der Waals surface area contributed by atoms with Gasteiger partial charge in [-0.15, -0.1) is 0 Å². The molecule has 0 saturated carbocycles. The van der Waals surface area contributed by atoms with Crippen LogP contribution >= 0.6 is 0 Å². The predicted molar refractivity (Wildman–Crippen MR) is 104 cm³/mol. The maximum Gasteiger partial charge on any atom is 0.263 e. The lowest BCUT2D eigenvalue weighted by Gasteiger charge is -2.10. The first-order valence-electron chi connectivity index (χ1n) is 8.49. The van der Waals surface area contributed by atoms with E-state index in [-0.39, 0.29) is 17.3 Å². The van der Waals surface area contributed by atoms with E-state index in [1.807, 2.05) is 13.0 Å². The second-order valence-corrected chi connectivity index (χ2v) is 7.99. The lowest BCUT2D eigenvalue weighted by atomic mass is 10.2. The minimum absolute atomic E-state index is 0.163. The summed E-state index contributed by atoms with van der Waals surface area (Å²) >= 11 is 0. The molecule has 0 aliphatic carbocycles. The molecular formula is C18H22N4O4S. The van der Waals surface area contributed by atoms with Crippen LogP contribution in [0.25, 0.3) is 10.9 Å². The van der Waals surface area contributed by atoms with Gasteiger partial charge in [0.1, 0.15) is 0 Å². The number of H-pyrrole nitrogens is 1. The fourth-order valence-corrected chi connectivity index (χ4v) is 3.60. The number of aryl methyl sites for hydroxylation is 1. The Bertz CT molecular complexity index is 1020. The molecule has 1 unspecified atom stereocenters. The molecule has 0 saturated heterocycles. The first-order valence-corrected chi connectivity index (χ1v) is 9.98. The monoisotopic (exact) mass is 390 g/mol. The Hall–Kier alpha value is -2.62. The molecule has 0 bridgehead atoms. The molecule has 0 aliphatic heterocycles. The molecule has 0 amide bonds. The van der Waals surface area contributed by atoms with E-state index in [1.54, 1.807) is 36.4 Å². The third-order valence-corrected chi connectivity index (χ3v) is 5.50. The van der Waals surface area contributed by atoms with Crippen molar-refractivity contribution in [3.8, 4) is 0 Å². The molecule has 8 nitrogen and oxygen atoms in total. The molecule has 2 aromatic carbocycles.